The first-order chi connectivity index (χ1) is 8.08. The second kappa shape index (κ2) is 5.00. The van der Waals surface area contributed by atoms with Crippen molar-refractivity contribution >= 4 is 0 Å². The van der Waals surface area contributed by atoms with Gasteiger partial charge in [0.15, 0.2) is 0 Å². The van der Waals surface area contributed by atoms with Gasteiger partial charge >= 0.3 is 6.01 Å². The van der Waals surface area contributed by atoms with Crippen molar-refractivity contribution in [3.8, 4) is 6.01 Å². The minimum Gasteiger partial charge on any atom is -0.460 e. The standard InChI is InChI=1S/C13H21N3O/c1-8(2)12-4-9(3)15-13(16-12)17-11-5-10(6-11)7-14/h4,8,10-11H,5-7,14H2,1-3H3. The summed E-state index contributed by atoms with van der Waals surface area (Å²) in [4.78, 5) is 8.77. The summed E-state index contributed by atoms with van der Waals surface area (Å²) in [5.41, 5.74) is 7.60. The third-order valence-corrected chi connectivity index (χ3v) is 3.24. The average molecular weight is 235 g/mol. The lowest BCUT2D eigenvalue weighted by molar-refractivity contribution is 0.0599. The van der Waals surface area contributed by atoms with E-state index in [9.17, 15) is 0 Å². The zero-order chi connectivity index (χ0) is 12.4. The third-order valence-electron chi connectivity index (χ3n) is 3.24. The fourth-order valence-electron chi connectivity index (χ4n) is 2.03. The lowest BCUT2D eigenvalue weighted by Crippen LogP contribution is -2.38. The van der Waals surface area contributed by atoms with Gasteiger partial charge in [0.25, 0.3) is 0 Å². The van der Waals surface area contributed by atoms with Gasteiger partial charge in [0.05, 0.1) is 5.69 Å². The molecule has 4 nitrogen and oxygen atoms in total. The van der Waals surface area contributed by atoms with Crippen molar-refractivity contribution < 1.29 is 4.74 Å². The molecule has 0 aliphatic heterocycles. The molecular weight excluding hydrogens is 214 g/mol. The molecule has 0 unspecified atom stereocenters. The quantitative estimate of drug-likeness (QED) is 0.867. The van der Waals surface area contributed by atoms with E-state index in [0.717, 1.165) is 30.8 Å². The second-order valence-electron chi connectivity index (χ2n) is 5.18. The van der Waals surface area contributed by atoms with Crippen LogP contribution in [0.15, 0.2) is 6.07 Å². The number of ether oxygens (including phenoxy) is 1. The van der Waals surface area contributed by atoms with E-state index in [-0.39, 0.29) is 6.10 Å². The van der Waals surface area contributed by atoms with Crippen LogP contribution in [0.1, 0.15) is 44.0 Å². The minimum atomic E-state index is 0.255. The SMILES string of the molecule is Cc1cc(C(C)C)nc(OC2CC(CN)C2)n1. The van der Waals surface area contributed by atoms with Crippen LogP contribution in [0.5, 0.6) is 6.01 Å². The Morgan fingerprint density at radius 3 is 2.71 bits per heavy atom. The summed E-state index contributed by atoms with van der Waals surface area (Å²) >= 11 is 0. The van der Waals surface area contributed by atoms with Gasteiger partial charge in [-0.25, -0.2) is 4.98 Å². The maximum Gasteiger partial charge on any atom is 0.317 e. The molecule has 0 bridgehead atoms. The molecule has 1 aliphatic rings. The number of nitrogens with zero attached hydrogens (tertiary/aromatic N) is 2. The topological polar surface area (TPSA) is 61.0 Å². The first kappa shape index (κ1) is 12.3. The zero-order valence-electron chi connectivity index (χ0n) is 10.8. The second-order valence-corrected chi connectivity index (χ2v) is 5.18. The Labute approximate surface area is 103 Å². The molecule has 0 spiro atoms. The van der Waals surface area contributed by atoms with E-state index in [1.165, 1.54) is 0 Å². The van der Waals surface area contributed by atoms with Crippen LogP contribution in [-0.4, -0.2) is 22.6 Å². The van der Waals surface area contributed by atoms with E-state index in [1.807, 2.05) is 13.0 Å². The van der Waals surface area contributed by atoms with E-state index in [1.54, 1.807) is 0 Å². The molecule has 94 valence electrons. The predicted octanol–water partition coefficient (Wildman–Crippen LogP) is 2.02. The van der Waals surface area contributed by atoms with Gasteiger partial charge in [-0.15, -0.1) is 0 Å². The maximum atomic E-state index is 5.78. The van der Waals surface area contributed by atoms with Crippen LogP contribution in [0.3, 0.4) is 0 Å². The van der Waals surface area contributed by atoms with Gasteiger partial charge in [-0.1, -0.05) is 13.8 Å². The Morgan fingerprint density at radius 1 is 1.41 bits per heavy atom. The van der Waals surface area contributed by atoms with Crippen LogP contribution in [0.25, 0.3) is 0 Å². The molecular formula is C13H21N3O. The summed E-state index contributed by atoms with van der Waals surface area (Å²) < 4.78 is 5.78. The van der Waals surface area contributed by atoms with Gasteiger partial charge in [0.2, 0.25) is 0 Å². The molecule has 2 N–H and O–H groups in total. The highest BCUT2D eigenvalue weighted by atomic mass is 16.5. The van der Waals surface area contributed by atoms with Crippen LogP contribution in [0.4, 0.5) is 0 Å². The number of hydrogen-bond acceptors (Lipinski definition) is 4. The van der Waals surface area contributed by atoms with Gasteiger partial charge in [-0.05, 0) is 44.2 Å². The van der Waals surface area contributed by atoms with Gasteiger partial charge < -0.3 is 10.5 Å². The van der Waals surface area contributed by atoms with Crippen LogP contribution < -0.4 is 10.5 Å². The zero-order valence-corrected chi connectivity index (χ0v) is 10.8. The molecule has 1 aromatic heterocycles. The molecule has 1 fully saturated rings. The molecule has 0 radical (unpaired) electrons. The highest BCUT2D eigenvalue weighted by Crippen LogP contribution is 2.29. The van der Waals surface area contributed by atoms with Crippen molar-refractivity contribution in [2.45, 2.75) is 45.6 Å². The summed E-state index contributed by atoms with van der Waals surface area (Å²) in [6.45, 7) is 6.98. The molecule has 2 rings (SSSR count). The molecule has 0 saturated heterocycles. The van der Waals surface area contributed by atoms with Crippen LogP contribution in [0, 0.1) is 12.8 Å². The van der Waals surface area contributed by atoms with E-state index in [2.05, 4.69) is 23.8 Å². The van der Waals surface area contributed by atoms with Crippen LogP contribution >= 0.6 is 0 Å². The largest absolute Gasteiger partial charge is 0.460 e. The molecule has 0 aromatic carbocycles. The van der Waals surface area contributed by atoms with E-state index in [0.29, 0.717) is 17.8 Å². The average Bonchev–Trinajstić information content (AvgIpc) is 2.21. The molecule has 0 amide bonds. The number of rotatable bonds is 4. The molecule has 1 saturated carbocycles. The summed E-state index contributed by atoms with van der Waals surface area (Å²) in [6.07, 6.45) is 2.32. The Morgan fingerprint density at radius 2 is 2.12 bits per heavy atom. The summed E-state index contributed by atoms with van der Waals surface area (Å²) in [6, 6.07) is 2.54. The Balaban J connectivity index is 2.01. The van der Waals surface area contributed by atoms with Crippen molar-refractivity contribution in [2.24, 2.45) is 11.7 Å². The van der Waals surface area contributed by atoms with E-state index in [4.69, 9.17) is 10.5 Å². The molecule has 17 heavy (non-hydrogen) atoms. The van der Waals surface area contributed by atoms with Gasteiger partial charge in [0, 0.05) is 5.69 Å². The highest BCUT2D eigenvalue weighted by molar-refractivity contribution is 5.15. The van der Waals surface area contributed by atoms with Gasteiger partial charge in [0.1, 0.15) is 6.10 Å². The fraction of sp³-hybridized carbons (Fsp3) is 0.692. The van der Waals surface area contributed by atoms with E-state index < -0.39 is 0 Å². The Kier molecular flexibility index (Phi) is 3.62. The summed E-state index contributed by atoms with van der Waals surface area (Å²) in [5.74, 6) is 1.02. The number of hydrogen-bond donors (Lipinski definition) is 1. The van der Waals surface area contributed by atoms with Crippen molar-refractivity contribution in [3.05, 3.63) is 17.5 Å². The van der Waals surface area contributed by atoms with Crippen LogP contribution in [0.2, 0.25) is 0 Å². The molecule has 4 heteroatoms. The normalized spacial score (nSPS) is 23.6. The van der Waals surface area contributed by atoms with Gasteiger partial charge in [-0.2, -0.15) is 4.98 Å². The molecule has 1 aromatic rings. The first-order valence-electron chi connectivity index (χ1n) is 6.30. The molecule has 1 aliphatic carbocycles. The number of aromatic nitrogens is 2. The summed E-state index contributed by atoms with van der Waals surface area (Å²) in [7, 11) is 0. The number of nitrogens with two attached hydrogens (primary N) is 1. The lowest BCUT2D eigenvalue weighted by atomic mass is 9.82. The van der Waals surface area contributed by atoms with E-state index >= 15 is 0 Å². The molecule has 1 heterocycles. The monoisotopic (exact) mass is 235 g/mol. The minimum absolute atomic E-state index is 0.255. The van der Waals surface area contributed by atoms with Crippen molar-refractivity contribution in [2.75, 3.05) is 6.54 Å². The first-order valence-corrected chi connectivity index (χ1v) is 6.30. The maximum absolute atomic E-state index is 5.78. The Hall–Kier alpha value is -1.16. The third kappa shape index (κ3) is 2.94. The Bertz CT molecular complexity index is 386. The van der Waals surface area contributed by atoms with Crippen molar-refractivity contribution in [1.29, 1.82) is 0 Å². The summed E-state index contributed by atoms with van der Waals surface area (Å²) in [5, 5.41) is 0. The van der Waals surface area contributed by atoms with Crippen molar-refractivity contribution in [3.63, 3.8) is 0 Å². The van der Waals surface area contributed by atoms with Crippen LogP contribution in [-0.2, 0) is 0 Å². The molecule has 0 atom stereocenters. The lowest BCUT2D eigenvalue weighted by Gasteiger charge is -2.33. The predicted molar refractivity (Wildman–Crippen MR) is 67.1 cm³/mol. The smallest absolute Gasteiger partial charge is 0.317 e. The van der Waals surface area contributed by atoms with Gasteiger partial charge in [-0.3, -0.25) is 0 Å². The van der Waals surface area contributed by atoms with Crippen molar-refractivity contribution in [1.82, 2.24) is 9.97 Å². The highest BCUT2D eigenvalue weighted by Gasteiger charge is 2.30. The number of aryl methyl sites for hydroxylation is 1. The fourth-order valence-corrected chi connectivity index (χ4v) is 2.03.